The SMILES string of the molecule is [CH2]CC1=CCN(O)C=C1. The molecule has 1 aliphatic rings. The Kier molecular flexibility index (Phi) is 1.90. The van der Waals surface area contributed by atoms with Crippen molar-refractivity contribution in [2.24, 2.45) is 0 Å². The maximum absolute atomic E-state index is 8.80. The summed E-state index contributed by atoms with van der Waals surface area (Å²) < 4.78 is 0. The van der Waals surface area contributed by atoms with E-state index in [1.165, 1.54) is 5.57 Å². The second-order valence-electron chi connectivity index (χ2n) is 1.97. The molecule has 0 aliphatic carbocycles. The molecule has 1 heterocycles. The first kappa shape index (κ1) is 6.36. The largest absolute Gasteiger partial charge is 0.289 e. The van der Waals surface area contributed by atoms with Gasteiger partial charge in [0.1, 0.15) is 0 Å². The Bertz CT molecular complexity index is 149. The molecule has 1 N–H and O–H groups in total. The lowest BCUT2D eigenvalue weighted by molar-refractivity contribution is -0.0306. The molecule has 0 unspecified atom stereocenters. The van der Waals surface area contributed by atoms with Crippen molar-refractivity contribution in [2.45, 2.75) is 6.42 Å². The number of allylic oxidation sites excluding steroid dienone is 2. The van der Waals surface area contributed by atoms with Gasteiger partial charge in [-0.15, -0.1) is 0 Å². The Morgan fingerprint density at radius 2 is 2.56 bits per heavy atom. The minimum atomic E-state index is 0.585. The molecule has 0 fully saturated rings. The van der Waals surface area contributed by atoms with Gasteiger partial charge in [-0.25, -0.2) is 0 Å². The number of hydroxylamine groups is 2. The zero-order valence-corrected chi connectivity index (χ0v) is 5.25. The molecule has 1 radical (unpaired) electrons. The zero-order chi connectivity index (χ0) is 6.69. The van der Waals surface area contributed by atoms with Crippen LogP contribution in [0.5, 0.6) is 0 Å². The minimum absolute atomic E-state index is 0.585. The molecule has 2 heteroatoms. The molecule has 0 aromatic rings. The number of rotatable bonds is 1. The first-order valence-electron chi connectivity index (χ1n) is 2.95. The van der Waals surface area contributed by atoms with Crippen LogP contribution in [0, 0.1) is 6.92 Å². The van der Waals surface area contributed by atoms with Crippen LogP contribution in [0.2, 0.25) is 0 Å². The van der Waals surface area contributed by atoms with Crippen molar-refractivity contribution in [3.63, 3.8) is 0 Å². The van der Waals surface area contributed by atoms with E-state index >= 15 is 0 Å². The summed E-state index contributed by atoms with van der Waals surface area (Å²) in [6.07, 6.45) is 6.24. The van der Waals surface area contributed by atoms with E-state index in [4.69, 9.17) is 5.21 Å². The first-order valence-corrected chi connectivity index (χ1v) is 2.95. The van der Waals surface area contributed by atoms with Crippen molar-refractivity contribution in [3.8, 4) is 0 Å². The monoisotopic (exact) mass is 124 g/mol. The highest BCUT2D eigenvalue weighted by molar-refractivity contribution is 5.21. The van der Waals surface area contributed by atoms with E-state index in [0.29, 0.717) is 6.54 Å². The number of hydrogen-bond acceptors (Lipinski definition) is 2. The predicted octanol–water partition coefficient (Wildman–Crippen LogP) is 1.36. The van der Waals surface area contributed by atoms with Crippen molar-refractivity contribution in [1.29, 1.82) is 0 Å². The highest BCUT2D eigenvalue weighted by Crippen LogP contribution is 2.07. The Labute approximate surface area is 55.1 Å². The van der Waals surface area contributed by atoms with Crippen molar-refractivity contribution in [1.82, 2.24) is 5.06 Å². The topological polar surface area (TPSA) is 23.5 Å². The van der Waals surface area contributed by atoms with Gasteiger partial charge >= 0.3 is 0 Å². The number of nitrogens with zero attached hydrogens (tertiary/aromatic N) is 1. The van der Waals surface area contributed by atoms with Crippen LogP contribution in [0.3, 0.4) is 0 Å². The summed E-state index contributed by atoms with van der Waals surface area (Å²) in [5.41, 5.74) is 1.18. The summed E-state index contributed by atoms with van der Waals surface area (Å²) in [4.78, 5) is 0. The van der Waals surface area contributed by atoms with Gasteiger partial charge in [-0.3, -0.25) is 10.3 Å². The second kappa shape index (κ2) is 2.69. The number of hydrogen-bond donors (Lipinski definition) is 1. The summed E-state index contributed by atoms with van der Waals surface area (Å²) in [5, 5.41) is 9.94. The molecule has 0 aromatic heterocycles. The summed E-state index contributed by atoms with van der Waals surface area (Å²) in [6.45, 7) is 4.30. The van der Waals surface area contributed by atoms with E-state index < -0.39 is 0 Å². The predicted molar refractivity (Wildman–Crippen MR) is 35.7 cm³/mol. The van der Waals surface area contributed by atoms with Gasteiger partial charge in [0.25, 0.3) is 0 Å². The van der Waals surface area contributed by atoms with Gasteiger partial charge in [0.05, 0.1) is 6.54 Å². The van der Waals surface area contributed by atoms with Crippen LogP contribution < -0.4 is 0 Å². The van der Waals surface area contributed by atoms with E-state index in [1.807, 2.05) is 12.2 Å². The third-order valence-corrected chi connectivity index (χ3v) is 1.29. The first-order chi connectivity index (χ1) is 4.33. The van der Waals surface area contributed by atoms with Gasteiger partial charge < -0.3 is 0 Å². The lowest BCUT2D eigenvalue weighted by atomic mass is 10.1. The van der Waals surface area contributed by atoms with Gasteiger partial charge in [-0.1, -0.05) is 6.08 Å². The third kappa shape index (κ3) is 1.57. The molecule has 0 amide bonds. The molecule has 0 saturated heterocycles. The lowest BCUT2D eigenvalue weighted by Gasteiger charge is -2.13. The smallest absolute Gasteiger partial charge is 0.0633 e. The molecule has 49 valence electrons. The fourth-order valence-electron chi connectivity index (χ4n) is 0.707. The van der Waals surface area contributed by atoms with Crippen molar-refractivity contribution < 1.29 is 5.21 Å². The Balaban J connectivity index is 2.52. The Morgan fingerprint density at radius 1 is 1.78 bits per heavy atom. The maximum Gasteiger partial charge on any atom is 0.0633 e. The molecule has 1 aliphatic heterocycles. The van der Waals surface area contributed by atoms with Crippen LogP contribution in [0.15, 0.2) is 23.9 Å². The Hall–Kier alpha value is -0.760. The zero-order valence-electron chi connectivity index (χ0n) is 5.25. The minimum Gasteiger partial charge on any atom is -0.289 e. The molecule has 0 atom stereocenters. The molecule has 9 heavy (non-hydrogen) atoms. The van der Waals surface area contributed by atoms with Crippen molar-refractivity contribution in [2.75, 3.05) is 6.54 Å². The summed E-state index contributed by atoms with van der Waals surface area (Å²) in [6, 6.07) is 0. The van der Waals surface area contributed by atoms with E-state index in [0.717, 1.165) is 11.5 Å². The molecule has 0 spiro atoms. The van der Waals surface area contributed by atoms with E-state index in [2.05, 4.69) is 6.92 Å². The van der Waals surface area contributed by atoms with Gasteiger partial charge in [0.2, 0.25) is 0 Å². The fourth-order valence-corrected chi connectivity index (χ4v) is 0.707. The molecule has 0 saturated carbocycles. The summed E-state index contributed by atoms with van der Waals surface area (Å²) in [5.74, 6) is 0. The normalized spacial score (nSPS) is 18.0. The highest BCUT2D eigenvalue weighted by atomic mass is 16.5. The standard InChI is InChI=1S/C7H10NO/c1-2-7-3-5-8(9)6-4-7/h3-5,9H,1-2,6H2. The average molecular weight is 124 g/mol. The van der Waals surface area contributed by atoms with E-state index in [9.17, 15) is 0 Å². The van der Waals surface area contributed by atoms with Gasteiger partial charge in [0, 0.05) is 6.20 Å². The molecular weight excluding hydrogens is 114 g/mol. The van der Waals surface area contributed by atoms with Gasteiger partial charge in [-0.2, -0.15) is 0 Å². The highest BCUT2D eigenvalue weighted by Gasteiger charge is 1.97. The van der Waals surface area contributed by atoms with Crippen LogP contribution in [0.4, 0.5) is 0 Å². The molecule has 1 rings (SSSR count). The quantitative estimate of drug-likeness (QED) is 0.570. The molecule has 0 aromatic carbocycles. The van der Waals surface area contributed by atoms with Gasteiger partial charge in [-0.05, 0) is 25.0 Å². The van der Waals surface area contributed by atoms with E-state index in [-0.39, 0.29) is 0 Å². The van der Waals surface area contributed by atoms with Crippen molar-refractivity contribution >= 4 is 0 Å². The second-order valence-corrected chi connectivity index (χ2v) is 1.97. The van der Waals surface area contributed by atoms with Crippen LogP contribution >= 0.6 is 0 Å². The van der Waals surface area contributed by atoms with E-state index in [1.54, 1.807) is 6.20 Å². The molecule has 0 bridgehead atoms. The average Bonchev–Trinajstić information content (AvgIpc) is 1.90. The lowest BCUT2D eigenvalue weighted by Crippen LogP contribution is -2.14. The van der Waals surface area contributed by atoms with Crippen LogP contribution in [0.1, 0.15) is 6.42 Å². The van der Waals surface area contributed by atoms with Crippen LogP contribution in [-0.4, -0.2) is 16.8 Å². The molecular formula is C7H10NO. The third-order valence-electron chi connectivity index (χ3n) is 1.29. The Morgan fingerprint density at radius 3 is 3.00 bits per heavy atom. The van der Waals surface area contributed by atoms with Crippen LogP contribution in [-0.2, 0) is 0 Å². The fraction of sp³-hybridized carbons (Fsp3) is 0.286. The maximum atomic E-state index is 8.80. The summed E-state index contributed by atoms with van der Waals surface area (Å²) >= 11 is 0. The van der Waals surface area contributed by atoms with Gasteiger partial charge in [0.15, 0.2) is 0 Å². The summed E-state index contributed by atoms with van der Waals surface area (Å²) in [7, 11) is 0. The van der Waals surface area contributed by atoms with Crippen LogP contribution in [0.25, 0.3) is 0 Å². The molecule has 2 nitrogen and oxygen atoms in total. The van der Waals surface area contributed by atoms with Crippen molar-refractivity contribution in [3.05, 3.63) is 30.8 Å².